The largest absolute Gasteiger partial charge is 0.370 e. The van der Waals surface area contributed by atoms with Crippen LogP contribution in [0.5, 0.6) is 0 Å². The maximum atomic E-state index is 13.4. The molecule has 1 aromatic heterocycles. The first-order valence-electron chi connectivity index (χ1n) is 5.78. The third-order valence-corrected chi connectivity index (χ3v) is 2.56. The first-order chi connectivity index (χ1) is 8.70. The van der Waals surface area contributed by atoms with E-state index in [9.17, 15) is 4.39 Å². The molecule has 1 aromatic carbocycles. The fourth-order valence-corrected chi connectivity index (χ4v) is 1.58. The molecule has 0 fully saturated rings. The molecule has 2 N–H and O–H groups in total. The molecule has 0 aliphatic heterocycles. The SMILES string of the molecule is CCNc1cc(Nc2cccc(F)c2C)ncn1. The molecule has 0 saturated carbocycles. The lowest BCUT2D eigenvalue weighted by atomic mass is 10.2. The van der Waals surface area contributed by atoms with Crippen LogP contribution in [0.1, 0.15) is 12.5 Å². The zero-order valence-electron chi connectivity index (χ0n) is 10.4. The molecule has 94 valence electrons. The quantitative estimate of drug-likeness (QED) is 0.870. The van der Waals surface area contributed by atoms with E-state index in [4.69, 9.17) is 0 Å². The maximum Gasteiger partial charge on any atom is 0.135 e. The Labute approximate surface area is 105 Å². The van der Waals surface area contributed by atoms with E-state index in [0.29, 0.717) is 17.1 Å². The van der Waals surface area contributed by atoms with Crippen LogP contribution >= 0.6 is 0 Å². The average molecular weight is 246 g/mol. The molecule has 0 aliphatic rings. The molecule has 18 heavy (non-hydrogen) atoms. The number of aromatic nitrogens is 2. The molecule has 0 unspecified atom stereocenters. The third kappa shape index (κ3) is 2.74. The van der Waals surface area contributed by atoms with Crippen LogP contribution in [0.2, 0.25) is 0 Å². The summed E-state index contributed by atoms with van der Waals surface area (Å²) in [7, 11) is 0. The predicted octanol–water partition coefficient (Wildman–Crippen LogP) is 3.10. The van der Waals surface area contributed by atoms with Gasteiger partial charge in [0.2, 0.25) is 0 Å². The van der Waals surface area contributed by atoms with Crippen LogP contribution < -0.4 is 10.6 Å². The van der Waals surface area contributed by atoms with Crippen molar-refractivity contribution in [3.63, 3.8) is 0 Å². The van der Waals surface area contributed by atoms with Gasteiger partial charge in [-0.05, 0) is 26.0 Å². The van der Waals surface area contributed by atoms with Crippen molar-refractivity contribution in [2.75, 3.05) is 17.2 Å². The fourth-order valence-electron chi connectivity index (χ4n) is 1.58. The molecule has 5 heteroatoms. The lowest BCUT2D eigenvalue weighted by Crippen LogP contribution is -2.02. The summed E-state index contributed by atoms with van der Waals surface area (Å²) in [6, 6.07) is 6.70. The minimum absolute atomic E-state index is 0.235. The molecule has 1 heterocycles. The summed E-state index contributed by atoms with van der Waals surface area (Å²) in [6.07, 6.45) is 1.47. The predicted molar refractivity (Wildman–Crippen MR) is 70.6 cm³/mol. The summed E-state index contributed by atoms with van der Waals surface area (Å²) >= 11 is 0. The van der Waals surface area contributed by atoms with Crippen LogP contribution in [0.15, 0.2) is 30.6 Å². The molecule has 0 atom stereocenters. The first kappa shape index (κ1) is 12.3. The van der Waals surface area contributed by atoms with Gasteiger partial charge in [-0.1, -0.05) is 6.07 Å². The summed E-state index contributed by atoms with van der Waals surface area (Å²) in [5, 5.41) is 6.18. The zero-order chi connectivity index (χ0) is 13.0. The van der Waals surface area contributed by atoms with Crippen molar-refractivity contribution in [1.82, 2.24) is 9.97 Å². The molecule has 0 amide bonds. The lowest BCUT2D eigenvalue weighted by Gasteiger charge is -2.10. The second kappa shape index (κ2) is 5.44. The number of anilines is 3. The Bertz CT molecular complexity index is 542. The summed E-state index contributed by atoms with van der Waals surface area (Å²) in [5.74, 6) is 1.14. The van der Waals surface area contributed by atoms with E-state index >= 15 is 0 Å². The lowest BCUT2D eigenvalue weighted by molar-refractivity contribution is 0.619. The van der Waals surface area contributed by atoms with Crippen LogP contribution in [0, 0.1) is 12.7 Å². The van der Waals surface area contributed by atoms with Crippen molar-refractivity contribution in [3.05, 3.63) is 42.0 Å². The summed E-state index contributed by atoms with van der Waals surface area (Å²) < 4.78 is 13.4. The highest BCUT2D eigenvalue weighted by atomic mass is 19.1. The first-order valence-corrected chi connectivity index (χ1v) is 5.78. The molecule has 0 spiro atoms. The minimum atomic E-state index is -0.235. The number of hydrogen-bond acceptors (Lipinski definition) is 4. The van der Waals surface area contributed by atoms with E-state index in [1.807, 2.05) is 13.0 Å². The van der Waals surface area contributed by atoms with Crippen LogP contribution in [0.25, 0.3) is 0 Å². The topological polar surface area (TPSA) is 49.8 Å². The summed E-state index contributed by atoms with van der Waals surface area (Å²) in [4.78, 5) is 8.18. The number of halogens is 1. The van der Waals surface area contributed by atoms with E-state index in [2.05, 4.69) is 20.6 Å². The van der Waals surface area contributed by atoms with E-state index < -0.39 is 0 Å². The summed E-state index contributed by atoms with van der Waals surface area (Å²) in [6.45, 7) is 4.51. The molecule has 0 bridgehead atoms. The van der Waals surface area contributed by atoms with Crippen LogP contribution in [0.4, 0.5) is 21.7 Å². The number of rotatable bonds is 4. The molecule has 4 nitrogen and oxygen atoms in total. The minimum Gasteiger partial charge on any atom is -0.370 e. The Balaban J connectivity index is 2.23. The fraction of sp³-hybridized carbons (Fsp3) is 0.231. The Kier molecular flexibility index (Phi) is 3.72. The monoisotopic (exact) mass is 246 g/mol. The van der Waals surface area contributed by atoms with Crippen molar-refractivity contribution < 1.29 is 4.39 Å². The Morgan fingerprint density at radius 2 is 2.00 bits per heavy atom. The zero-order valence-corrected chi connectivity index (χ0v) is 10.4. The van der Waals surface area contributed by atoms with Crippen molar-refractivity contribution in [3.8, 4) is 0 Å². The van der Waals surface area contributed by atoms with Crippen molar-refractivity contribution in [2.45, 2.75) is 13.8 Å². The standard InChI is InChI=1S/C13H15FN4/c1-3-15-12-7-13(17-8-16-12)18-11-6-4-5-10(14)9(11)2/h4-8H,3H2,1-2H3,(H2,15,16,17,18). The molecule has 2 rings (SSSR count). The maximum absolute atomic E-state index is 13.4. The van der Waals surface area contributed by atoms with E-state index in [1.165, 1.54) is 12.4 Å². The molecular formula is C13H15FN4. The van der Waals surface area contributed by atoms with Gasteiger partial charge in [0, 0.05) is 23.9 Å². The molecule has 0 aliphatic carbocycles. The Morgan fingerprint density at radius 1 is 1.22 bits per heavy atom. The van der Waals surface area contributed by atoms with Gasteiger partial charge in [-0.15, -0.1) is 0 Å². The number of hydrogen-bond donors (Lipinski definition) is 2. The molecular weight excluding hydrogens is 231 g/mol. The highest BCUT2D eigenvalue weighted by Crippen LogP contribution is 2.21. The normalized spacial score (nSPS) is 10.2. The molecule has 2 aromatic rings. The second-order valence-electron chi connectivity index (χ2n) is 3.86. The van der Waals surface area contributed by atoms with Crippen LogP contribution in [-0.2, 0) is 0 Å². The smallest absolute Gasteiger partial charge is 0.135 e. The van der Waals surface area contributed by atoms with Crippen LogP contribution in [-0.4, -0.2) is 16.5 Å². The number of nitrogens with one attached hydrogen (secondary N) is 2. The van der Waals surface area contributed by atoms with Gasteiger partial charge in [-0.2, -0.15) is 0 Å². The van der Waals surface area contributed by atoms with E-state index in [1.54, 1.807) is 19.1 Å². The van der Waals surface area contributed by atoms with E-state index in [-0.39, 0.29) is 5.82 Å². The van der Waals surface area contributed by atoms with Gasteiger partial charge in [-0.25, -0.2) is 14.4 Å². The Hall–Kier alpha value is -2.17. The summed E-state index contributed by atoms with van der Waals surface area (Å²) in [5.41, 5.74) is 1.28. The number of nitrogens with zero attached hydrogens (tertiary/aromatic N) is 2. The van der Waals surface area contributed by atoms with Gasteiger partial charge in [0.1, 0.15) is 23.8 Å². The van der Waals surface area contributed by atoms with Gasteiger partial charge in [-0.3, -0.25) is 0 Å². The van der Waals surface area contributed by atoms with E-state index in [0.717, 1.165) is 12.4 Å². The van der Waals surface area contributed by atoms with Crippen molar-refractivity contribution >= 4 is 17.3 Å². The van der Waals surface area contributed by atoms with Gasteiger partial charge >= 0.3 is 0 Å². The van der Waals surface area contributed by atoms with Crippen molar-refractivity contribution in [2.24, 2.45) is 0 Å². The van der Waals surface area contributed by atoms with Gasteiger partial charge in [0.05, 0.1) is 0 Å². The van der Waals surface area contributed by atoms with Crippen molar-refractivity contribution in [1.29, 1.82) is 0 Å². The molecule has 0 saturated heterocycles. The van der Waals surface area contributed by atoms with Crippen LogP contribution in [0.3, 0.4) is 0 Å². The molecule has 0 radical (unpaired) electrons. The third-order valence-electron chi connectivity index (χ3n) is 2.56. The second-order valence-corrected chi connectivity index (χ2v) is 3.86. The highest BCUT2D eigenvalue weighted by molar-refractivity contribution is 5.62. The van der Waals surface area contributed by atoms with Gasteiger partial charge in [0.15, 0.2) is 0 Å². The average Bonchev–Trinajstić information content (AvgIpc) is 2.36. The van der Waals surface area contributed by atoms with Gasteiger partial charge in [0.25, 0.3) is 0 Å². The van der Waals surface area contributed by atoms with Gasteiger partial charge < -0.3 is 10.6 Å². The number of benzene rings is 1. The highest BCUT2D eigenvalue weighted by Gasteiger charge is 2.04. The Morgan fingerprint density at radius 3 is 2.78 bits per heavy atom.